The molecule has 2 aromatic carbocycles. The number of hydrogen-bond acceptors (Lipinski definition) is 4. The largest absolute Gasteiger partial charge is 0.491 e. The van der Waals surface area contributed by atoms with Crippen molar-refractivity contribution in [2.24, 2.45) is 0 Å². The van der Waals surface area contributed by atoms with E-state index in [1.54, 1.807) is 0 Å². The van der Waals surface area contributed by atoms with Crippen molar-refractivity contribution in [2.75, 3.05) is 26.3 Å². The lowest BCUT2D eigenvalue weighted by Crippen LogP contribution is -2.37. The highest BCUT2D eigenvalue weighted by Gasteiger charge is 2.13. The van der Waals surface area contributed by atoms with Crippen LogP contribution >= 0.6 is 0 Å². The molecule has 0 saturated heterocycles. The summed E-state index contributed by atoms with van der Waals surface area (Å²) in [4.78, 5) is 2.03. The molecule has 4 heteroatoms. The molecular formula is C20H27NO3. The maximum Gasteiger partial charge on any atom is 0.122 e. The van der Waals surface area contributed by atoms with Gasteiger partial charge in [0.2, 0.25) is 0 Å². The van der Waals surface area contributed by atoms with E-state index < -0.39 is 6.10 Å². The highest BCUT2D eigenvalue weighted by Crippen LogP contribution is 2.20. The van der Waals surface area contributed by atoms with E-state index in [0.29, 0.717) is 19.6 Å². The minimum absolute atomic E-state index is 0.0669. The molecule has 1 atom stereocenters. The van der Waals surface area contributed by atoms with Crippen molar-refractivity contribution in [3.8, 4) is 5.75 Å². The molecule has 0 aliphatic carbocycles. The van der Waals surface area contributed by atoms with E-state index in [2.05, 4.69) is 0 Å². The molecule has 0 aliphatic rings. The van der Waals surface area contributed by atoms with Crippen molar-refractivity contribution in [1.82, 2.24) is 4.90 Å². The van der Waals surface area contributed by atoms with Gasteiger partial charge in [0.05, 0.1) is 6.61 Å². The van der Waals surface area contributed by atoms with Gasteiger partial charge in [-0.3, -0.25) is 4.90 Å². The first kappa shape index (κ1) is 18.5. The summed E-state index contributed by atoms with van der Waals surface area (Å²) in [5, 5.41) is 19.5. The Morgan fingerprint density at radius 2 is 1.79 bits per heavy atom. The predicted octanol–water partition coefficient (Wildman–Crippen LogP) is 2.54. The van der Waals surface area contributed by atoms with E-state index in [1.807, 2.05) is 67.3 Å². The van der Waals surface area contributed by atoms with Crippen LogP contribution < -0.4 is 4.74 Å². The SMILES string of the molecule is Cc1cccc(OC[C@H](O)CN(CCO)Cc2ccccc2)c1C. The Bertz CT molecular complexity index is 616. The highest BCUT2D eigenvalue weighted by atomic mass is 16.5. The summed E-state index contributed by atoms with van der Waals surface area (Å²) < 4.78 is 5.77. The lowest BCUT2D eigenvalue weighted by molar-refractivity contribution is 0.0588. The number of ether oxygens (including phenoxy) is 1. The smallest absolute Gasteiger partial charge is 0.122 e. The van der Waals surface area contributed by atoms with Gasteiger partial charge in [0.25, 0.3) is 0 Å². The van der Waals surface area contributed by atoms with Gasteiger partial charge < -0.3 is 14.9 Å². The second-order valence-electron chi connectivity index (χ2n) is 6.11. The van der Waals surface area contributed by atoms with Crippen molar-refractivity contribution in [3.63, 3.8) is 0 Å². The first-order valence-corrected chi connectivity index (χ1v) is 8.34. The molecule has 130 valence electrons. The first-order valence-electron chi connectivity index (χ1n) is 8.34. The molecule has 2 N–H and O–H groups in total. The molecule has 2 aromatic rings. The Morgan fingerprint density at radius 1 is 1.04 bits per heavy atom. The number of aryl methyl sites for hydroxylation is 1. The summed E-state index contributed by atoms with van der Waals surface area (Å²) in [6, 6.07) is 16.0. The summed E-state index contributed by atoms with van der Waals surface area (Å²) in [6.45, 7) is 6.04. The van der Waals surface area contributed by atoms with E-state index in [0.717, 1.165) is 16.9 Å². The van der Waals surface area contributed by atoms with Crippen molar-refractivity contribution in [1.29, 1.82) is 0 Å². The number of rotatable bonds is 9. The zero-order chi connectivity index (χ0) is 17.4. The van der Waals surface area contributed by atoms with E-state index in [1.165, 1.54) is 5.56 Å². The second kappa shape index (κ2) is 9.42. The van der Waals surface area contributed by atoms with E-state index in [9.17, 15) is 10.2 Å². The summed E-state index contributed by atoms with van der Waals surface area (Å²) in [5.74, 6) is 0.811. The topological polar surface area (TPSA) is 52.9 Å². The molecular weight excluding hydrogens is 302 g/mol. The lowest BCUT2D eigenvalue weighted by atomic mass is 10.1. The molecule has 0 radical (unpaired) electrons. The molecule has 2 rings (SSSR count). The van der Waals surface area contributed by atoms with Crippen LogP contribution in [-0.4, -0.2) is 47.5 Å². The van der Waals surface area contributed by atoms with Gasteiger partial charge in [-0.2, -0.15) is 0 Å². The number of nitrogens with zero attached hydrogens (tertiary/aromatic N) is 1. The average molecular weight is 329 g/mol. The van der Waals surface area contributed by atoms with Gasteiger partial charge in [-0.25, -0.2) is 0 Å². The molecule has 0 amide bonds. The van der Waals surface area contributed by atoms with Crippen molar-refractivity contribution >= 4 is 0 Å². The van der Waals surface area contributed by atoms with Crippen LogP contribution in [0.15, 0.2) is 48.5 Å². The average Bonchev–Trinajstić information content (AvgIpc) is 2.57. The fourth-order valence-electron chi connectivity index (χ4n) is 2.64. The normalized spacial score (nSPS) is 12.4. The van der Waals surface area contributed by atoms with Crippen LogP contribution in [0.4, 0.5) is 0 Å². The minimum Gasteiger partial charge on any atom is -0.491 e. The van der Waals surface area contributed by atoms with Crippen LogP contribution in [0.5, 0.6) is 5.75 Å². The Kier molecular flexibility index (Phi) is 7.25. The predicted molar refractivity (Wildman–Crippen MR) is 96.2 cm³/mol. The molecule has 0 unspecified atom stereocenters. The second-order valence-corrected chi connectivity index (χ2v) is 6.11. The molecule has 4 nitrogen and oxygen atoms in total. The number of hydrogen-bond donors (Lipinski definition) is 2. The molecule has 24 heavy (non-hydrogen) atoms. The van der Waals surface area contributed by atoms with Crippen LogP contribution in [0.2, 0.25) is 0 Å². The zero-order valence-electron chi connectivity index (χ0n) is 14.5. The zero-order valence-corrected chi connectivity index (χ0v) is 14.5. The Balaban J connectivity index is 1.88. The molecule has 0 aliphatic heterocycles. The van der Waals surface area contributed by atoms with Crippen LogP contribution in [0, 0.1) is 13.8 Å². The fraction of sp³-hybridized carbons (Fsp3) is 0.400. The van der Waals surface area contributed by atoms with Crippen molar-refractivity contribution in [3.05, 3.63) is 65.2 Å². The Hall–Kier alpha value is -1.88. The highest BCUT2D eigenvalue weighted by molar-refractivity contribution is 5.38. The van der Waals surface area contributed by atoms with Gasteiger partial charge in [0, 0.05) is 19.6 Å². The number of benzene rings is 2. The molecule has 0 heterocycles. The summed E-state index contributed by atoms with van der Waals surface area (Å²) in [6.07, 6.45) is -0.611. The van der Waals surface area contributed by atoms with Gasteiger partial charge >= 0.3 is 0 Å². The van der Waals surface area contributed by atoms with Gasteiger partial charge in [-0.15, -0.1) is 0 Å². The van der Waals surface area contributed by atoms with Crippen LogP contribution in [-0.2, 0) is 6.54 Å². The maximum absolute atomic E-state index is 10.3. The summed E-state index contributed by atoms with van der Waals surface area (Å²) in [7, 11) is 0. The number of aliphatic hydroxyl groups is 2. The van der Waals surface area contributed by atoms with Crippen molar-refractivity contribution < 1.29 is 14.9 Å². The molecule has 0 spiro atoms. The third-order valence-electron chi connectivity index (χ3n) is 4.12. The monoisotopic (exact) mass is 329 g/mol. The molecule has 0 bridgehead atoms. The van der Waals surface area contributed by atoms with Crippen LogP contribution in [0.1, 0.15) is 16.7 Å². The Morgan fingerprint density at radius 3 is 2.50 bits per heavy atom. The van der Waals surface area contributed by atoms with Gasteiger partial charge in [-0.1, -0.05) is 42.5 Å². The third kappa shape index (κ3) is 5.64. The lowest BCUT2D eigenvalue weighted by Gasteiger charge is -2.24. The van der Waals surface area contributed by atoms with E-state index in [4.69, 9.17) is 4.74 Å². The van der Waals surface area contributed by atoms with Gasteiger partial charge in [-0.05, 0) is 36.6 Å². The number of aliphatic hydroxyl groups excluding tert-OH is 2. The summed E-state index contributed by atoms with van der Waals surface area (Å²) in [5.41, 5.74) is 3.43. The maximum atomic E-state index is 10.3. The van der Waals surface area contributed by atoms with Gasteiger partial charge in [0.15, 0.2) is 0 Å². The fourth-order valence-corrected chi connectivity index (χ4v) is 2.64. The molecule has 0 saturated carbocycles. The van der Waals surface area contributed by atoms with Crippen LogP contribution in [0.3, 0.4) is 0 Å². The molecule has 0 fully saturated rings. The third-order valence-corrected chi connectivity index (χ3v) is 4.12. The van der Waals surface area contributed by atoms with Crippen LogP contribution in [0.25, 0.3) is 0 Å². The van der Waals surface area contributed by atoms with Crippen molar-refractivity contribution in [2.45, 2.75) is 26.5 Å². The standard InChI is InChI=1S/C20H27NO3/c1-16-7-6-10-20(17(16)2)24-15-19(23)14-21(11-12-22)13-18-8-4-3-5-9-18/h3-10,19,22-23H,11-15H2,1-2H3/t19-/m1/s1. The first-order chi connectivity index (χ1) is 11.6. The quantitative estimate of drug-likeness (QED) is 0.742. The molecule has 0 aromatic heterocycles. The Labute approximate surface area is 144 Å². The van der Waals surface area contributed by atoms with Gasteiger partial charge in [0.1, 0.15) is 18.5 Å². The minimum atomic E-state index is -0.611. The van der Waals surface area contributed by atoms with E-state index >= 15 is 0 Å². The summed E-state index contributed by atoms with van der Waals surface area (Å²) >= 11 is 0. The van der Waals surface area contributed by atoms with E-state index in [-0.39, 0.29) is 13.2 Å².